The first-order chi connectivity index (χ1) is 9.15. The summed E-state index contributed by atoms with van der Waals surface area (Å²) in [5.74, 6) is 0.988. The van der Waals surface area contributed by atoms with Crippen LogP contribution in [-0.4, -0.2) is 14.2 Å². The SMILES string of the molecule is COc1ccc(C(Cl)c2ccc(F)cc2)cc1OC. The summed E-state index contributed by atoms with van der Waals surface area (Å²) in [7, 11) is 3.15. The summed E-state index contributed by atoms with van der Waals surface area (Å²) >= 11 is 6.39. The van der Waals surface area contributed by atoms with E-state index in [1.165, 1.54) is 12.1 Å². The molecule has 0 saturated carbocycles. The van der Waals surface area contributed by atoms with Crippen LogP contribution in [0.3, 0.4) is 0 Å². The lowest BCUT2D eigenvalue weighted by Gasteiger charge is -2.13. The molecule has 4 heteroatoms. The zero-order valence-electron chi connectivity index (χ0n) is 10.7. The Labute approximate surface area is 116 Å². The molecule has 0 fully saturated rings. The normalized spacial score (nSPS) is 12.0. The van der Waals surface area contributed by atoms with Crippen LogP contribution in [0.25, 0.3) is 0 Å². The van der Waals surface area contributed by atoms with E-state index in [0.717, 1.165) is 11.1 Å². The molecule has 0 spiro atoms. The van der Waals surface area contributed by atoms with Gasteiger partial charge in [-0.3, -0.25) is 0 Å². The van der Waals surface area contributed by atoms with Gasteiger partial charge in [0.05, 0.1) is 19.6 Å². The van der Waals surface area contributed by atoms with Crippen LogP contribution >= 0.6 is 11.6 Å². The molecule has 2 aromatic rings. The van der Waals surface area contributed by atoms with Crippen molar-refractivity contribution in [3.8, 4) is 11.5 Å². The quantitative estimate of drug-likeness (QED) is 0.783. The van der Waals surface area contributed by atoms with Gasteiger partial charge in [0, 0.05) is 0 Å². The third kappa shape index (κ3) is 2.99. The lowest BCUT2D eigenvalue weighted by molar-refractivity contribution is 0.354. The maximum absolute atomic E-state index is 12.9. The molecule has 1 atom stereocenters. The molecule has 0 N–H and O–H groups in total. The Morgan fingerprint density at radius 1 is 0.895 bits per heavy atom. The number of hydrogen-bond donors (Lipinski definition) is 0. The Balaban J connectivity index is 2.33. The van der Waals surface area contributed by atoms with Gasteiger partial charge in [0.2, 0.25) is 0 Å². The summed E-state index contributed by atoms with van der Waals surface area (Å²) in [4.78, 5) is 0. The highest BCUT2D eigenvalue weighted by atomic mass is 35.5. The van der Waals surface area contributed by atoms with Crippen LogP contribution in [0.5, 0.6) is 11.5 Å². The Morgan fingerprint density at radius 3 is 2.05 bits per heavy atom. The van der Waals surface area contributed by atoms with Crippen molar-refractivity contribution in [2.45, 2.75) is 5.38 Å². The van der Waals surface area contributed by atoms with E-state index in [0.29, 0.717) is 11.5 Å². The molecular formula is C15H14ClFO2. The van der Waals surface area contributed by atoms with E-state index in [-0.39, 0.29) is 11.2 Å². The monoisotopic (exact) mass is 280 g/mol. The van der Waals surface area contributed by atoms with Crippen LogP contribution in [0, 0.1) is 5.82 Å². The lowest BCUT2D eigenvalue weighted by Crippen LogP contribution is -1.96. The van der Waals surface area contributed by atoms with Crippen molar-refractivity contribution >= 4 is 11.6 Å². The average Bonchev–Trinajstić information content (AvgIpc) is 2.46. The topological polar surface area (TPSA) is 18.5 Å². The summed E-state index contributed by atoms with van der Waals surface area (Å²) in [6.07, 6.45) is 0. The molecule has 2 rings (SSSR count). The Hall–Kier alpha value is -1.74. The summed E-state index contributed by atoms with van der Waals surface area (Å²) in [5, 5.41) is -0.361. The Bertz CT molecular complexity index is 555. The minimum atomic E-state index is -0.361. The molecule has 0 radical (unpaired) electrons. The van der Waals surface area contributed by atoms with Crippen molar-refractivity contribution in [2.75, 3.05) is 14.2 Å². The molecule has 0 aliphatic heterocycles. The van der Waals surface area contributed by atoms with E-state index in [1.54, 1.807) is 32.4 Å². The van der Waals surface area contributed by atoms with Gasteiger partial charge < -0.3 is 9.47 Å². The summed E-state index contributed by atoms with van der Waals surface area (Å²) in [6, 6.07) is 11.6. The molecule has 0 aromatic heterocycles. The summed E-state index contributed by atoms with van der Waals surface area (Å²) in [5.41, 5.74) is 1.70. The highest BCUT2D eigenvalue weighted by Gasteiger charge is 2.13. The van der Waals surface area contributed by atoms with Crippen LogP contribution in [0.15, 0.2) is 42.5 Å². The van der Waals surface area contributed by atoms with Crippen molar-refractivity contribution < 1.29 is 13.9 Å². The van der Waals surface area contributed by atoms with Gasteiger partial charge in [-0.1, -0.05) is 18.2 Å². The number of alkyl halides is 1. The molecule has 2 aromatic carbocycles. The number of hydrogen-bond acceptors (Lipinski definition) is 2. The first-order valence-electron chi connectivity index (χ1n) is 5.77. The molecule has 0 aliphatic rings. The molecule has 2 nitrogen and oxygen atoms in total. The average molecular weight is 281 g/mol. The Kier molecular flexibility index (Phi) is 4.27. The standard InChI is InChI=1S/C15H14ClFO2/c1-18-13-8-5-11(9-14(13)19-2)15(16)10-3-6-12(17)7-4-10/h3-9,15H,1-2H3. The zero-order chi connectivity index (χ0) is 13.8. The number of ether oxygens (including phenoxy) is 2. The van der Waals surface area contributed by atoms with E-state index in [2.05, 4.69) is 0 Å². The summed E-state index contributed by atoms with van der Waals surface area (Å²) < 4.78 is 23.3. The first-order valence-corrected chi connectivity index (χ1v) is 6.21. The molecule has 0 bridgehead atoms. The fourth-order valence-corrected chi connectivity index (χ4v) is 2.12. The highest BCUT2D eigenvalue weighted by Crippen LogP contribution is 2.35. The molecule has 0 aliphatic carbocycles. The van der Waals surface area contributed by atoms with Crippen molar-refractivity contribution in [1.29, 1.82) is 0 Å². The van der Waals surface area contributed by atoms with E-state index in [9.17, 15) is 4.39 Å². The van der Waals surface area contributed by atoms with Gasteiger partial charge in [0.25, 0.3) is 0 Å². The van der Waals surface area contributed by atoms with Crippen molar-refractivity contribution in [3.63, 3.8) is 0 Å². The number of benzene rings is 2. The van der Waals surface area contributed by atoms with E-state index in [1.807, 2.05) is 12.1 Å². The Morgan fingerprint density at radius 2 is 1.47 bits per heavy atom. The van der Waals surface area contributed by atoms with Crippen LogP contribution < -0.4 is 9.47 Å². The minimum absolute atomic E-state index is 0.278. The number of rotatable bonds is 4. The van der Waals surface area contributed by atoms with E-state index < -0.39 is 0 Å². The maximum atomic E-state index is 12.9. The minimum Gasteiger partial charge on any atom is -0.493 e. The molecule has 0 amide bonds. The summed E-state index contributed by atoms with van der Waals surface area (Å²) in [6.45, 7) is 0. The maximum Gasteiger partial charge on any atom is 0.161 e. The molecular weight excluding hydrogens is 267 g/mol. The molecule has 0 heterocycles. The third-order valence-electron chi connectivity index (χ3n) is 2.86. The molecule has 19 heavy (non-hydrogen) atoms. The second kappa shape index (κ2) is 5.93. The fourth-order valence-electron chi connectivity index (χ4n) is 1.83. The first kappa shape index (κ1) is 13.7. The number of methoxy groups -OCH3 is 2. The molecule has 1 unspecified atom stereocenters. The second-order valence-electron chi connectivity index (χ2n) is 4.03. The van der Waals surface area contributed by atoms with Gasteiger partial charge >= 0.3 is 0 Å². The predicted molar refractivity (Wildman–Crippen MR) is 73.6 cm³/mol. The van der Waals surface area contributed by atoms with Crippen molar-refractivity contribution in [3.05, 3.63) is 59.4 Å². The van der Waals surface area contributed by atoms with Crippen LogP contribution in [0.4, 0.5) is 4.39 Å². The van der Waals surface area contributed by atoms with Gasteiger partial charge in [0.15, 0.2) is 11.5 Å². The van der Waals surface area contributed by atoms with Crippen LogP contribution in [0.2, 0.25) is 0 Å². The highest BCUT2D eigenvalue weighted by molar-refractivity contribution is 6.22. The smallest absolute Gasteiger partial charge is 0.161 e. The van der Waals surface area contributed by atoms with Gasteiger partial charge in [0.1, 0.15) is 5.82 Å². The third-order valence-corrected chi connectivity index (χ3v) is 3.37. The van der Waals surface area contributed by atoms with E-state index >= 15 is 0 Å². The van der Waals surface area contributed by atoms with Crippen LogP contribution in [0.1, 0.15) is 16.5 Å². The van der Waals surface area contributed by atoms with Crippen molar-refractivity contribution in [2.24, 2.45) is 0 Å². The largest absolute Gasteiger partial charge is 0.493 e. The second-order valence-corrected chi connectivity index (χ2v) is 4.46. The fraction of sp³-hybridized carbons (Fsp3) is 0.200. The van der Waals surface area contributed by atoms with Crippen LogP contribution in [-0.2, 0) is 0 Å². The molecule has 100 valence electrons. The predicted octanol–water partition coefficient (Wildman–Crippen LogP) is 4.17. The van der Waals surface area contributed by atoms with Gasteiger partial charge in [-0.2, -0.15) is 0 Å². The lowest BCUT2D eigenvalue weighted by atomic mass is 10.0. The van der Waals surface area contributed by atoms with Gasteiger partial charge in [-0.25, -0.2) is 4.39 Å². The zero-order valence-corrected chi connectivity index (χ0v) is 11.4. The van der Waals surface area contributed by atoms with Gasteiger partial charge in [-0.05, 0) is 35.4 Å². The van der Waals surface area contributed by atoms with Crippen molar-refractivity contribution in [1.82, 2.24) is 0 Å². The number of halogens is 2. The molecule has 0 saturated heterocycles. The van der Waals surface area contributed by atoms with E-state index in [4.69, 9.17) is 21.1 Å². The van der Waals surface area contributed by atoms with Gasteiger partial charge in [-0.15, -0.1) is 11.6 Å².